The number of quaternary nitrogens is 1. The molecule has 0 atom stereocenters. The predicted molar refractivity (Wildman–Crippen MR) is 97.2 cm³/mol. The van der Waals surface area contributed by atoms with Crippen molar-refractivity contribution >= 4 is 5.69 Å². The third kappa shape index (κ3) is 4.01. The Kier molecular flexibility index (Phi) is 5.59. The SMILES string of the molecule is CCOc1ccccc1C[NH+]1CCN(c2ccc(OC)cc2)CC1. The normalized spacial score (nSPS) is 15.3. The van der Waals surface area contributed by atoms with Gasteiger partial charge in [0.1, 0.15) is 18.0 Å². The van der Waals surface area contributed by atoms with Crippen molar-refractivity contribution in [2.45, 2.75) is 13.5 Å². The molecule has 1 heterocycles. The van der Waals surface area contributed by atoms with Gasteiger partial charge in [-0.2, -0.15) is 0 Å². The summed E-state index contributed by atoms with van der Waals surface area (Å²) in [6.07, 6.45) is 0. The van der Waals surface area contributed by atoms with Crippen LogP contribution >= 0.6 is 0 Å². The third-order valence-electron chi connectivity index (χ3n) is 4.62. The standard InChI is InChI=1S/C20H26N2O2/c1-3-24-20-7-5-4-6-17(20)16-21-12-14-22(15-13-21)18-8-10-19(23-2)11-9-18/h4-11H,3,12-16H2,1-2H3/p+1. The second-order valence-corrected chi connectivity index (χ2v) is 6.15. The number of rotatable bonds is 6. The average Bonchev–Trinajstić information content (AvgIpc) is 2.64. The molecule has 128 valence electrons. The summed E-state index contributed by atoms with van der Waals surface area (Å²) in [6, 6.07) is 16.8. The van der Waals surface area contributed by atoms with Gasteiger partial charge in [0, 0.05) is 11.3 Å². The van der Waals surface area contributed by atoms with Gasteiger partial charge in [-0.1, -0.05) is 12.1 Å². The molecular weight excluding hydrogens is 300 g/mol. The molecule has 3 rings (SSSR count). The van der Waals surface area contributed by atoms with Gasteiger partial charge in [0.2, 0.25) is 0 Å². The topological polar surface area (TPSA) is 26.1 Å². The maximum atomic E-state index is 5.76. The Bertz CT molecular complexity index is 634. The van der Waals surface area contributed by atoms with Crippen LogP contribution in [0, 0.1) is 0 Å². The van der Waals surface area contributed by atoms with Crippen molar-refractivity contribution in [3.05, 3.63) is 54.1 Å². The first-order chi connectivity index (χ1) is 11.8. The number of nitrogens with one attached hydrogen (secondary N) is 1. The second kappa shape index (κ2) is 8.06. The fourth-order valence-electron chi connectivity index (χ4n) is 3.27. The smallest absolute Gasteiger partial charge is 0.128 e. The molecule has 0 amide bonds. The highest BCUT2D eigenvalue weighted by atomic mass is 16.5. The molecule has 0 spiro atoms. The van der Waals surface area contributed by atoms with Crippen LogP contribution in [0.2, 0.25) is 0 Å². The predicted octanol–water partition coefficient (Wildman–Crippen LogP) is 2.00. The molecule has 1 fully saturated rings. The number of benzene rings is 2. The van der Waals surface area contributed by atoms with E-state index in [4.69, 9.17) is 9.47 Å². The molecular formula is C20H27N2O2+. The van der Waals surface area contributed by atoms with Crippen molar-refractivity contribution < 1.29 is 14.4 Å². The number of hydrogen-bond acceptors (Lipinski definition) is 3. The minimum atomic E-state index is 0.720. The van der Waals surface area contributed by atoms with Gasteiger partial charge in [-0.15, -0.1) is 0 Å². The molecule has 4 nitrogen and oxygen atoms in total. The van der Waals surface area contributed by atoms with Crippen LogP contribution < -0.4 is 19.3 Å². The number of ether oxygens (including phenoxy) is 2. The molecule has 0 unspecified atom stereocenters. The van der Waals surface area contributed by atoms with Crippen LogP contribution in [0.15, 0.2) is 48.5 Å². The van der Waals surface area contributed by atoms with E-state index >= 15 is 0 Å². The second-order valence-electron chi connectivity index (χ2n) is 6.15. The lowest BCUT2D eigenvalue weighted by atomic mass is 10.1. The molecule has 0 aromatic heterocycles. The van der Waals surface area contributed by atoms with Crippen LogP contribution in [0.25, 0.3) is 0 Å². The summed E-state index contributed by atoms with van der Waals surface area (Å²) in [5.74, 6) is 1.95. The molecule has 1 saturated heterocycles. The Labute approximate surface area is 144 Å². The van der Waals surface area contributed by atoms with Gasteiger partial charge >= 0.3 is 0 Å². The van der Waals surface area contributed by atoms with Crippen molar-refractivity contribution in [3.8, 4) is 11.5 Å². The van der Waals surface area contributed by atoms with Crippen LogP contribution in [0.1, 0.15) is 12.5 Å². The monoisotopic (exact) mass is 327 g/mol. The van der Waals surface area contributed by atoms with E-state index in [9.17, 15) is 0 Å². The fraction of sp³-hybridized carbons (Fsp3) is 0.400. The number of methoxy groups -OCH3 is 1. The van der Waals surface area contributed by atoms with Crippen LogP contribution in [-0.2, 0) is 6.54 Å². The molecule has 0 radical (unpaired) electrons. The summed E-state index contributed by atoms with van der Waals surface area (Å²) in [5.41, 5.74) is 2.59. The lowest BCUT2D eigenvalue weighted by Crippen LogP contribution is -3.13. The summed E-state index contributed by atoms with van der Waals surface area (Å²) in [4.78, 5) is 4.07. The Morgan fingerprint density at radius 1 is 1.00 bits per heavy atom. The molecule has 2 aromatic rings. The maximum Gasteiger partial charge on any atom is 0.128 e. The Hall–Kier alpha value is -2.20. The fourth-order valence-corrected chi connectivity index (χ4v) is 3.27. The van der Waals surface area contributed by atoms with Gasteiger partial charge in [0.05, 0.1) is 39.9 Å². The van der Waals surface area contributed by atoms with Gasteiger partial charge in [-0.3, -0.25) is 0 Å². The van der Waals surface area contributed by atoms with E-state index < -0.39 is 0 Å². The molecule has 0 bridgehead atoms. The molecule has 1 aliphatic heterocycles. The average molecular weight is 327 g/mol. The number of piperazine rings is 1. The highest BCUT2D eigenvalue weighted by molar-refractivity contribution is 5.49. The first-order valence-corrected chi connectivity index (χ1v) is 8.73. The Morgan fingerprint density at radius 3 is 2.38 bits per heavy atom. The van der Waals surface area contributed by atoms with Crippen molar-refractivity contribution in [3.63, 3.8) is 0 Å². The summed E-state index contributed by atoms with van der Waals surface area (Å²) >= 11 is 0. The van der Waals surface area contributed by atoms with Gasteiger partial charge in [-0.25, -0.2) is 0 Å². The summed E-state index contributed by atoms with van der Waals surface area (Å²) in [6.45, 7) is 8.25. The zero-order valence-corrected chi connectivity index (χ0v) is 14.6. The van der Waals surface area contributed by atoms with E-state index in [2.05, 4.69) is 35.2 Å². The van der Waals surface area contributed by atoms with Crippen molar-refractivity contribution in [1.29, 1.82) is 0 Å². The van der Waals surface area contributed by atoms with E-state index in [1.165, 1.54) is 11.3 Å². The first-order valence-electron chi connectivity index (χ1n) is 8.73. The molecule has 1 aliphatic rings. The minimum Gasteiger partial charge on any atom is -0.497 e. The Morgan fingerprint density at radius 2 is 1.71 bits per heavy atom. The van der Waals surface area contributed by atoms with Crippen LogP contribution in [0.3, 0.4) is 0 Å². The Balaban J connectivity index is 1.57. The summed E-state index contributed by atoms with van der Waals surface area (Å²) in [5, 5.41) is 0. The van der Waals surface area contributed by atoms with Gasteiger partial charge < -0.3 is 19.3 Å². The summed E-state index contributed by atoms with van der Waals surface area (Å²) in [7, 11) is 1.71. The van der Waals surface area contributed by atoms with Crippen molar-refractivity contribution in [1.82, 2.24) is 0 Å². The summed E-state index contributed by atoms with van der Waals surface area (Å²) < 4.78 is 11.0. The molecule has 0 saturated carbocycles. The first kappa shape index (κ1) is 16.7. The van der Waals surface area contributed by atoms with E-state index in [1.54, 1.807) is 12.0 Å². The minimum absolute atomic E-state index is 0.720. The molecule has 24 heavy (non-hydrogen) atoms. The van der Waals surface area contributed by atoms with Gasteiger partial charge in [0.15, 0.2) is 0 Å². The molecule has 2 aromatic carbocycles. The largest absolute Gasteiger partial charge is 0.497 e. The van der Waals surface area contributed by atoms with Crippen LogP contribution in [0.5, 0.6) is 11.5 Å². The van der Waals surface area contributed by atoms with E-state index in [-0.39, 0.29) is 0 Å². The maximum absolute atomic E-state index is 5.76. The molecule has 4 heteroatoms. The highest BCUT2D eigenvalue weighted by Gasteiger charge is 2.21. The van der Waals surface area contributed by atoms with E-state index in [1.807, 2.05) is 25.1 Å². The number of nitrogens with zero attached hydrogens (tertiary/aromatic N) is 1. The lowest BCUT2D eigenvalue weighted by Gasteiger charge is -2.34. The van der Waals surface area contributed by atoms with Crippen LogP contribution in [-0.4, -0.2) is 39.9 Å². The number of anilines is 1. The van der Waals surface area contributed by atoms with Crippen molar-refractivity contribution in [2.24, 2.45) is 0 Å². The van der Waals surface area contributed by atoms with E-state index in [0.717, 1.165) is 50.8 Å². The highest BCUT2D eigenvalue weighted by Crippen LogP contribution is 2.19. The van der Waals surface area contributed by atoms with Gasteiger partial charge in [-0.05, 0) is 43.3 Å². The zero-order valence-electron chi connectivity index (χ0n) is 14.6. The third-order valence-corrected chi connectivity index (χ3v) is 4.62. The van der Waals surface area contributed by atoms with Gasteiger partial charge in [0.25, 0.3) is 0 Å². The molecule has 0 aliphatic carbocycles. The number of hydrogen-bond donors (Lipinski definition) is 1. The zero-order chi connectivity index (χ0) is 16.8. The van der Waals surface area contributed by atoms with E-state index in [0.29, 0.717) is 0 Å². The van der Waals surface area contributed by atoms with Crippen molar-refractivity contribution in [2.75, 3.05) is 44.8 Å². The number of para-hydroxylation sites is 1. The quantitative estimate of drug-likeness (QED) is 0.879. The lowest BCUT2D eigenvalue weighted by molar-refractivity contribution is -0.914. The van der Waals surface area contributed by atoms with Crippen LogP contribution in [0.4, 0.5) is 5.69 Å². The molecule has 1 N–H and O–H groups in total.